The maximum Gasteiger partial charge on any atom is 0.0169 e. The zero-order chi connectivity index (χ0) is 14.0. The van der Waals surface area contributed by atoms with Crippen molar-refractivity contribution in [2.24, 2.45) is 5.41 Å². The summed E-state index contributed by atoms with van der Waals surface area (Å²) >= 11 is 0. The Bertz CT molecular complexity index is 247. The van der Waals surface area contributed by atoms with Crippen LogP contribution in [0.5, 0.6) is 0 Å². The number of nitrogens with one attached hydrogen (secondary N) is 1. The fourth-order valence-electron chi connectivity index (χ4n) is 3.14. The van der Waals surface area contributed by atoms with Crippen molar-refractivity contribution in [2.75, 3.05) is 40.3 Å². The van der Waals surface area contributed by atoms with E-state index in [2.05, 4.69) is 63.8 Å². The van der Waals surface area contributed by atoms with Gasteiger partial charge in [0.05, 0.1) is 0 Å². The summed E-state index contributed by atoms with van der Waals surface area (Å²) in [6, 6.07) is 0.613. The fourth-order valence-corrected chi connectivity index (χ4v) is 3.14. The second kappa shape index (κ2) is 5.89. The molecule has 0 radical (unpaired) electrons. The summed E-state index contributed by atoms with van der Waals surface area (Å²) in [6.07, 6.45) is 1.23. The molecule has 0 amide bonds. The van der Waals surface area contributed by atoms with Crippen molar-refractivity contribution in [3.63, 3.8) is 0 Å². The van der Waals surface area contributed by atoms with Crippen LogP contribution in [0.25, 0.3) is 0 Å². The summed E-state index contributed by atoms with van der Waals surface area (Å²) in [5, 5.41) is 3.44. The van der Waals surface area contributed by atoms with Crippen molar-refractivity contribution in [1.29, 1.82) is 0 Å². The zero-order valence-electron chi connectivity index (χ0n) is 13.5. The molecule has 18 heavy (non-hydrogen) atoms. The van der Waals surface area contributed by atoms with Crippen LogP contribution in [0.2, 0.25) is 0 Å². The number of nitrogens with zero attached hydrogens (tertiary/aromatic N) is 2. The molecule has 1 N–H and O–H groups in total. The number of hydrogen-bond donors (Lipinski definition) is 1. The molecule has 1 heterocycles. The Balaban J connectivity index is 2.72. The highest BCUT2D eigenvalue weighted by molar-refractivity contribution is 4.92. The third kappa shape index (κ3) is 4.22. The molecule has 0 aromatic rings. The van der Waals surface area contributed by atoms with Gasteiger partial charge in [-0.3, -0.25) is 4.90 Å². The maximum atomic E-state index is 3.44. The lowest BCUT2D eigenvalue weighted by Gasteiger charge is -2.47. The van der Waals surface area contributed by atoms with Crippen LogP contribution in [-0.4, -0.2) is 61.7 Å². The van der Waals surface area contributed by atoms with Gasteiger partial charge in [-0.15, -0.1) is 0 Å². The first kappa shape index (κ1) is 15.9. The van der Waals surface area contributed by atoms with Crippen LogP contribution < -0.4 is 5.32 Å². The summed E-state index contributed by atoms with van der Waals surface area (Å²) < 4.78 is 0. The minimum absolute atomic E-state index is 0.282. The first-order valence-corrected chi connectivity index (χ1v) is 7.27. The summed E-state index contributed by atoms with van der Waals surface area (Å²) in [7, 11) is 4.42. The van der Waals surface area contributed by atoms with Crippen LogP contribution in [0.15, 0.2) is 0 Å². The molecule has 1 unspecified atom stereocenters. The average molecular weight is 255 g/mol. The first-order valence-electron chi connectivity index (χ1n) is 7.27. The van der Waals surface area contributed by atoms with Gasteiger partial charge >= 0.3 is 0 Å². The molecule has 1 atom stereocenters. The van der Waals surface area contributed by atoms with Gasteiger partial charge in [0.25, 0.3) is 0 Å². The highest BCUT2D eigenvalue weighted by Crippen LogP contribution is 2.32. The molecule has 1 saturated heterocycles. The second-order valence-corrected chi connectivity index (χ2v) is 7.60. The molecule has 0 spiro atoms. The van der Waals surface area contributed by atoms with Gasteiger partial charge in [-0.1, -0.05) is 20.8 Å². The van der Waals surface area contributed by atoms with Crippen molar-refractivity contribution < 1.29 is 0 Å². The van der Waals surface area contributed by atoms with E-state index in [0.29, 0.717) is 11.5 Å². The van der Waals surface area contributed by atoms with E-state index in [9.17, 15) is 0 Å². The van der Waals surface area contributed by atoms with Gasteiger partial charge in [-0.25, -0.2) is 0 Å². The molecule has 1 fully saturated rings. The molecule has 0 bridgehead atoms. The van der Waals surface area contributed by atoms with Crippen molar-refractivity contribution >= 4 is 0 Å². The Morgan fingerprint density at radius 3 is 1.94 bits per heavy atom. The Morgan fingerprint density at radius 2 is 1.56 bits per heavy atom. The van der Waals surface area contributed by atoms with Crippen molar-refractivity contribution in [3.05, 3.63) is 0 Å². The molecule has 3 nitrogen and oxygen atoms in total. The molecule has 0 saturated carbocycles. The lowest BCUT2D eigenvalue weighted by Crippen LogP contribution is -2.56. The van der Waals surface area contributed by atoms with Gasteiger partial charge in [0.2, 0.25) is 0 Å². The minimum Gasteiger partial charge on any atom is -0.314 e. The second-order valence-electron chi connectivity index (χ2n) is 7.60. The Kier molecular flexibility index (Phi) is 5.22. The lowest BCUT2D eigenvalue weighted by atomic mass is 9.78. The van der Waals surface area contributed by atoms with E-state index in [1.165, 1.54) is 19.5 Å². The molecule has 1 rings (SSSR count). The smallest absolute Gasteiger partial charge is 0.0169 e. The van der Waals surface area contributed by atoms with E-state index in [4.69, 9.17) is 0 Å². The Labute approximate surface area is 114 Å². The third-order valence-corrected chi connectivity index (χ3v) is 4.29. The predicted molar refractivity (Wildman–Crippen MR) is 80.1 cm³/mol. The summed E-state index contributed by atoms with van der Waals surface area (Å²) in [5.74, 6) is 0. The van der Waals surface area contributed by atoms with Gasteiger partial charge in [-0.2, -0.15) is 0 Å². The SMILES string of the molecule is CN(C)C(CC(C)(C)N1CCNCC1)C(C)(C)C. The zero-order valence-corrected chi connectivity index (χ0v) is 13.5. The van der Waals surface area contributed by atoms with Crippen LogP contribution in [0.4, 0.5) is 0 Å². The van der Waals surface area contributed by atoms with Crippen molar-refractivity contribution in [2.45, 2.75) is 52.6 Å². The van der Waals surface area contributed by atoms with E-state index >= 15 is 0 Å². The van der Waals surface area contributed by atoms with Crippen molar-refractivity contribution in [1.82, 2.24) is 15.1 Å². The molecule has 0 aromatic heterocycles. The molecule has 1 aliphatic rings. The molecular formula is C15H33N3. The Hall–Kier alpha value is -0.120. The van der Waals surface area contributed by atoms with Crippen LogP contribution in [-0.2, 0) is 0 Å². The minimum atomic E-state index is 0.282. The van der Waals surface area contributed by atoms with E-state index in [-0.39, 0.29) is 5.54 Å². The van der Waals surface area contributed by atoms with Gasteiger partial charge in [-0.05, 0) is 39.8 Å². The molecule has 0 aliphatic carbocycles. The standard InChI is InChI=1S/C15H33N3/c1-14(2,3)13(17(6)7)12-15(4,5)18-10-8-16-9-11-18/h13,16H,8-12H2,1-7H3. The quantitative estimate of drug-likeness (QED) is 0.829. The summed E-state index contributed by atoms with van der Waals surface area (Å²) in [5.41, 5.74) is 0.610. The molecule has 3 heteroatoms. The van der Waals surface area contributed by atoms with Crippen LogP contribution in [0.1, 0.15) is 41.0 Å². The topological polar surface area (TPSA) is 18.5 Å². The Morgan fingerprint density at radius 1 is 1.06 bits per heavy atom. The van der Waals surface area contributed by atoms with Crippen LogP contribution in [0.3, 0.4) is 0 Å². The van der Waals surface area contributed by atoms with E-state index in [1.54, 1.807) is 0 Å². The maximum absolute atomic E-state index is 3.44. The van der Waals surface area contributed by atoms with Gasteiger partial charge < -0.3 is 10.2 Å². The lowest BCUT2D eigenvalue weighted by molar-refractivity contribution is 0.0392. The van der Waals surface area contributed by atoms with Gasteiger partial charge in [0.1, 0.15) is 0 Å². The number of piperazine rings is 1. The highest BCUT2D eigenvalue weighted by atomic mass is 15.2. The molecule has 0 aromatic carbocycles. The normalized spacial score (nSPS) is 21.3. The summed E-state index contributed by atoms with van der Waals surface area (Å²) in [4.78, 5) is 5.04. The largest absolute Gasteiger partial charge is 0.314 e. The number of hydrogen-bond acceptors (Lipinski definition) is 3. The first-order chi connectivity index (χ1) is 8.14. The average Bonchev–Trinajstić information content (AvgIpc) is 2.25. The molecular weight excluding hydrogens is 222 g/mol. The predicted octanol–water partition coefficient (Wildman–Crippen LogP) is 2.04. The van der Waals surface area contributed by atoms with E-state index in [1.807, 2.05) is 0 Å². The summed E-state index contributed by atoms with van der Waals surface area (Å²) in [6.45, 7) is 16.5. The van der Waals surface area contributed by atoms with Gasteiger partial charge in [0.15, 0.2) is 0 Å². The highest BCUT2D eigenvalue weighted by Gasteiger charge is 2.36. The van der Waals surface area contributed by atoms with Crippen LogP contribution in [0, 0.1) is 5.41 Å². The van der Waals surface area contributed by atoms with E-state index < -0.39 is 0 Å². The molecule has 108 valence electrons. The van der Waals surface area contributed by atoms with Crippen LogP contribution >= 0.6 is 0 Å². The third-order valence-electron chi connectivity index (χ3n) is 4.29. The van der Waals surface area contributed by atoms with Crippen molar-refractivity contribution in [3.8, 4) is 0 Å². The fraction of sp³-hybridized carbons (Fsp3) is 1.00. The monoisotopic (exact) mass is 255 g/mol. The molecule has 1 aliphatic heterocycles. The van der Waals surface area contributed by atoms with E-state index in [0.717, 1.165) is 13.1 Å². The number of rotatable bonds is 4. The van der Waals surface area contributed by atoms with Gasteiger partial charge in [0, 0.05) is 37.8 Å².